The molecule has 3 heteroatoms. The van der Waals surface area contributed by atoms with Gasteiger partial charge < -0.3 is 14.4 Å². The molecule has 0 spiro atoms. The van der Waals surface area contributed by atoms with E-state index in [0.29, 0.717) is 0 Å². The molecular weight excluding hydrogens is 691 g/mol. The van der Waals surface area contributed by atoms with Crippen molar-refractivity contribution in [1.82, 2.24) is 4.57 Å². The second-order valence-electron chi connectivity index (χ2n) is 14.2. The van der Waals surface area contributed by atoms with Gasteiger partial charge in [0.15, 0.2) is 0 Å². The molecule has 3 nitrogen and oxygen atoms in total. The maximum atomic E-state index is 2.42. The molecule has 1 aromatic heterocycles. The van der Waals surface area contributed by atoms with Crippen LogP contribution in [0.2, 0.25) is 0 Å². The minimum Gasteiger partial charge on any atom is -0.311 e. The van der Waals surface area contributed by atoms with Crippen molar-refractivity contribution in [2.24, 2.45) is 0 Å². The van der Waals surface area contributed by atoms with Crippen LogP contribution in [0.25, 0.3) is 49.7 Å². The van der Waals surface area contributed by atoms with Crippen molar-refractivity contribution in [3.05, 3.63) is 237 Å². The average molecular weight is 730 g/mol. The van der Waals surface area contributed by atoms with E-state index in [9.17, 15) is 0 Å². The molecule has 0 aliphatic rings. The van der Waals surface area contributed by atoms with Crippen LogP contribution in [0.1, 0.15) is 0 Å². The lowest BCUT2D eigenvalue weighted by Crippen LogP contribution is -2.12. The van der Waals surface area contributed by atoms with Crippen molar-refractivity contribution < 1.29 is 0 Å². The molecule has 0 radical (unpaired) electrons. The number of fused-ring (bicyclic) bond motifs is 3. The lowest BCUT2D eigenvalue weighted by Gasteiger charge is -2.28. The third-order valence-electron chi connectivity index (χ3n) is 10.8. The van der Waals surface area contributed by atoms with E-state index in [1.54, 1.807) is 0 Å². The molecule has 0 saturated carbocycles. The molecule has 0 N–H and O–H groups in total. The van der Waals surface area contributed by atoms with Crippen LogP contribution < -0.4 is 9.80 Å². The van der Waals surface area contributed by atoms with Gasteiger partial charge in [-0.1, -0.05) is 146 Å². The molecule has 0 saturated heterocycles. The fourth-order valence-corrected chi connectivity index (χ4v) is 8.06. The highest BCUT2D eigenvalue weighted by molar-refractivity contribution is 6.10. The lowest BCUT2D eigenvalue weighted by molar-refractivity contribution is 1.18. The third kappa shape index (κ3) is 6.52. The van der Waals surface area contributed by atoms with Gasteiger partial charge in [-0.05, 0) is 113 Å². The first kappa shape index (κ1) is 33.9. The molecule has 0 bridgehead atoms. The van der Waals surface area contributed by atoms with Crippen molar-refractivity contribution in [2.75, 3.05) is 9.80 Å². The van der Waals surface area contributed by atoms with Gasteiger partial charge in [-0.15, -0.1) is 0 Å². The van der Waals surface area contributed by atoms with E-state index in [1.807, 2.05) is 0 Å². The summed E-state index contributed by atoms with van der Waals surface area (Å²) in [7, 11) is 0. The number of benzene rings is 9. The van der Waals surface area contributed by atoms with Gasteiger partial charge in [0.25, 0.3) is 0 Å². The molecule has 0 aliphatic heterocycles. The van der Waals surface area contributed by atoms with Crippen LogP contribution in [0, 0.1) is 0 Å². The second kappa shape index (κ2) is 14.9. The van der Waals surface area contributed by atoms with Crippen LogP contribution in [0.3, 0.4) is 0 Å². The summed E-state index contributed by atoms with van der Waals surface area (Å²) < 4.78 is 2.42. The van der Waals surface area contributed by atoms with E-state index in [-0.39, 0.29) is 0 Å². The molecular formula is C54H39N3. The van der Waals surface area contributed by atoms with Crippen molar-refractivity contribution in [1.29, 1.82) is 0 Å². The highest BCUT2D eigenvalue weighted by Crippen LogP contribution is 2.42. The van der Waals surface area contributed by atoms with Crippen molar-refractivity contribution in [2.45, 2.75) is 0 Å². The van der Waals surface area contributed by atoms with Crippen LogP contribution in [-0.4, -0.2) is 4.57 Å². The molecule has 0 aliphatic carbocycles. The van der Waals surface area contributed by atoms with Gasteiger partial charge in [0.2, 0.25) is 0 Å². The molecule has 0 amide bonds. The quantitative estimate of drug-likeness (QED) is 0.147. The SMILES string of the molecule is c1ccc(-c2ccc(-c3cccc(-n4c5ccccc5c5ccc(N(c6ccccc6)c6ccc(N(c7ccccc7)c7ccccc7)cc6)cc54)c3)cc2)cc1. The number of para-hydroxylation sites is 4. The summed E-state index contributed by atoms with van der Waals surface area (Å²) in [6.45, 7) is 0. The molecule has 0 atom stereocenters. The highest BCUT2D eigenvalue weighted by Gasteiger charge is 2.19. The predicted octanol–water partition coefficient (Wildman–Crippen LogP) is 15.1. The second-order valence-corrected chi connectivity index (χ2v) is 14.2. The maximum absolute atomic E-state index is 2.42. The molecule has 0 unspecified atom stereocenters. The topological polar surface area (TPSA) is 11.4 Å². The molecule has 270 valence electrons. The van der Waals surface area contributed by atoms with Crippen LogP contribution in [0.5, 0.6) is 0 Å². The Hall–Kier alpha value is -7.62. The van der Waals surface area contributed by atoms with Gasteiger partial charge >= 0.3 is 0 Å². The van der Waals surface area contributed by atoms with Crippen LogP contribution in [0.4, 0.5) is 34.1 Å². The standard InChI is InChI=1S/C54H39N3/c1-5-16-40(17-6-1)41-28-30-42(31-29-41)43-18-15-25-49(38-43)57-53-27-14-13-26-51(53)52-37-36-50(39-54(52)57)56(46-23-11-4-12-24-46)48-34-32-47(33-35-48)55(44-19-7-2-8-20-44)45-21-9-3-10-22-45/h1-39H. The van der Waals surface area contributed by atoms with E-state index < -0.39 is 0 Å². The summed E-state index contributed by atoms with van der Waals surface area (Å²) >= 11 is 0. The number of nitrogens with zero attached hydrogens (tertiary/aromatic N) is 3. The normalized spacial score (nSPS) is 11.2. The Morgan fingerprint density at radius 1 is 0.246 bits per heavy atom. The fraction of sp³-hybridized carbons (Fsp3) is 0. The van der Waals surface area contributed by atoms with Gasteiger partial charge in [0.05, 0.1) is 11.0 Å². The third-order valence-corrected chi connectivity index (χ3v) is 10.8. The van der Waals surface area contributed by atoms with Crippen molar-refractivity contribution in [3.63, 3.8) is 0 Å². The molecule has 9 aromatic carbocycles. The van der Waals surface area contributed by atoms with Gasteiger partial charge in [-0.25, -0.2) is 0 Å². The highest BCUT2D eigenvalue weighted by atomic mass is 15.2. The van der Waals surface area contributed by atoms with E-state index in [4.69, 9.17) is 0 Å². The van der Waals surface area contributed by atoms with E-state index in [0.717, 1.165) is 45.3 Å². The molecule has 57 heavy (non-hydrogen) atoms. The first-order valence-corrected chi connectivity index (χ1v) is 19.4. The summed E-state index contributed by atoms with van der Waals surface area (Å²) in [5, 5.41) is 2.45. The number of hydrogen-bond donors (Lipinski definition) is 0. The monoisotopic (exact) mass is 729 g/mol. The average Bonchev–Trinajstić information content (AvgIpc) is 3.62. The zero-order valence-electron chi connectivity index (χ0n) is 31.4. The molecule has 10 rings (SSSR count). The Balaban J connectivity index is 1.08. The number of hydrogen-bond acceptors (Lipinski definition) is 2. The van der Waals surface area contributed by atoms with Gasteiger partial charge in [0, 0.05) is 50.6 Å². The zero-order chi connectivity index (χ0) is 38.0. The summed E-state index contributed by atoms with van der Waals surface area (Å²) in [6, 6.07) is 84.6. The number of rotatable bonds is 9. The Morgan fingerprint density at radius 3 is 1.23 bits per heavy atom. The van der Waals surface area contributed by atoms with E-state index in [1.165, 1.54) is 38.5 Å². The Kier molecular flexibility index (Phi) is 8.86. The lowest BCUT2D eigenvalue weighted by atomic mass is 10.00. The summed E-state index contributed by atoms with van der Waals surface area (Å²) in [4.78, 5) is 4.65. The van der Waals surface area contributed by atoms with Crippen LogP contribution in [-0.2, 0) is 0 Å². The first-order valence-electron chi connectivity index (χ1n) is 19.4. The van der Waals surface area contributed by atoms with E-state index in [2.05, 4.69) is 251 Å². The fourth-order valence-electron chi connectivity index (χ4n) is 8.06. The van der Waals surface area contributed by atoms with Crippen LogP contribution >= 0.6 is 0 Å². The summed E-state index contributed by atoms with van der Waals surface area (Å²) in [5.41, 5.74) is 14.8. The Morgan fingerprint density at radius 2 is 0.649 bits per heavy atom. The molecule has 1 heterocycles. The maximum Gasteiger partial charge on any atom is 0.0561 e. The van der Waals surface area contributed by atoms with Gasteiger partial charge in [-0.2, -0.15) is 0 Å². The van der Waals surface area contributed by atoms with Crippen molar-refractivity contribution in [3.8, 4) is 27.9 Å². The molecule has 0 fully saturated rings. The van der Waals surface area contributed by atoms with E-state index >= 15 is 0 Å². The summed E-state index contributed by atoms with van der Waals surface area (Å²) in [6.07, 6.45) is 0. The Bertz CT molecular complexity index is 2880. The first-order chi connectivity index (χ1) is 28.3. The van der Waals surface area contributed by atoms with Gasteiger partial charge in [0.1, 0.15) is 0 Å². The van der Waals surface area contributed by atoms with Crippen molar-refractivity contribution >= 4 is 55.9 Å². The minimum absolute atomic E-state index is 1.08. The number of aromatic nitrogens is 1. The zero-order valence-corrected chi connectivity index (χ0v) is 31.4. The largest absolute Gasteiger partial charge is 0.311 e. The number of anilines is 6. The van der Waals surface area contributed by atoms with Gasteiger partial charge in [-0.3, -0.25) is 0 Å². The predicted molar refractivity (Wildman–Crippen MR) is 241 cm³/mol. The molecule has 10 aromatic rings. The minimum atomic E-state index is 1.08. The summed E-state index contributed by atoms with van der Waals surface area (Å²) in [5.74, 6) is 0. The Labute approximate surface area is 333 Å². The smallest absolute Gasteiger partial charge is 0.0561 e. The van der Waals surface area contributed by atoms with Crippen LogP contribution in [0.15, 0.2) is 237 Å².